The smallest absolute Gasteiger partial charge is 0.355 e. The number of ether oxygens (including phenoxy) is 1. The molecule has 1 N–H and O–H groups in total. The van der Waals surface area contributed by atoms with E-state index in [0.29, 0.717) is 16.9 Å². The van der Waals surface area contributed by atoms with Gasteiger partial charge in [0, 0.05) is 18.9 Å². The van der Waals surface area contributed by atoms with Gasteiger partial charge >= 0.3 is 5.97 Å². The van der Waals surface area contributed by atoms with Crippen molar-refractivity contribution in [1.82, 2.24) is 4.57 Å². The first kappa shape index (κ1) is 15.8. The molecule has 0 saturated heterocycles. The van der Waals surface area contributed by atoms with Gasteiger partial charge < -0.3 is 14.6 Å². The third kappa shape index (κ3) is 3.52. The van der Waals surface area contributed by atoms with E-state index in [-0.39, 0.29) is 0 Å². The average Bonchev–Trinajstić information content (AvgIpc) is 2.89. The second-order valence-electron chi connectivity index (χ2n) is 5.01. The van der Waals surface area contributed by atoms with Crippen LogP contribution < -0.4 is 5.32 Å². The number of amides is 1. The van der Waals surface area contributed by atoms with Crippen molar-refractivity contribution in [2.24, 2.45) is 7.05 Å². The maximum absolute atomic E-state index is 13.4. The van der Waals surface area contributed by atoms with Crippen LogP contribution in [0.1, 0.15) is 23.0 Å². The van der Waals surface area contributed by atoms with Gasteiger partial charge in [0.2, 0.25) is 0 Å². The number of halogens is 1. The quantitative estimate of drug-likeness (QED) is 0.883. The number of benzene rings is 1. The van der Waals surface area contributed by atoms with Crippen LogP contribution in [0.5, 0.6) is 0 Å². The number of nitrogens with one attached hydrogen (secondary N) is 1. The summed E-state index contributed by atoms with van der Waals surface area (Å²) in [6.07, 6.45) is 0.711. The summed E-state index contributed by atoms with van der Waals surface area (Å²) in [5.74, 6) is -1.53. The number of aromatic nitrogens is 1. The highest BCUT2D eigenvalue weighted by Crippen LogP contribution is 2.14. The summed E-state index contributed by atoms with van der Waals surface area (Å²) in [6.45, 7) is 3.09. The van der Waals surface area contributed by atoms with Gasteiger partial charge in [-0.3, -0.25) is 4.79 Å². The van der Waals surface area contributed by atoms with Crippen molar-refractivity contribution in [1.29, 1.82) is 0 Å². The zero-order chi connectivity index (χ0) is 16.3. The highest BCUT2D eigenvalue weighted by molar-refractivity contribution is 5.96. The lowest BCUT2D eigenvalue weighted by Crippen LogP contribution is -2.30. The minimum atomic E-state index is -0.994. The third-order valence-electron chi connectivity index (χ3n) is 3.25. The molecule has 1 atom stereocenters. The molecule has 2 aromatic rings. The van der Waals surface area contributed by atoms with Crippen molar-refractivity contribution in [3.05, 3.63) is 53.6 Å². The first-order valence-electron chi connectivity index (χ1n) is 6.78. The first-order chi connectivity index (χ1) is 10.4. The molecule has 1 aromatic carbocycles. The van der Waals surface area contributed by atoms with Gasteiger partial charge in [-0.1, -0.05) is 6.07 Å². The number of esters is 1. The van der Waals surface area contributed by atoms with Crippen LogP contribution in [0.25, 0.3) is 0 Å². The van der Waals surface area contributed by atoms with Crippen LogP contribution in [0.4, 0.5) is 10.1 Å². The van der Waals surface area contributed by atoms with Crippen molar-refractivity contribution in [3.63, 3.8) is 0 Å². The zero-order valence-corrected chi connectivity index (χ0v) is 12.6. The maximum atomic E-state index is 13.4. The van der Waals surface area contributed by atoms with E-state index in [9.17, 15) is 14.0 Å². The monoisotopic (exact) mass is 304 g/mol. The summed E-state index contributed by atoms with van der Waals surface area (Å²) in [5, 5.41) is 2.51. The van der Waals surface area contributed by atoms with Crippen molar-refractivity contribution in [2.45, 2.75) is 20.0 Å². The maximum Gasteiger partial charge on any atom is 0.355 e. The molecular weight excluding hydrogens is 287 g/mol. The minimum Gasteiger partial charge on any atom is -0.448 e. The van der Waals surface area contributed by atoms with Crippen molar-refractivity contribution in [2.75, 3.05) is 5.32 Å². The molecule has 116 valence electrons. The van der Waals surface area contributed by atoms with Crippen LogP contribution in [0, 0.1) is 12.7 Å². The van der Waals surface area contributed by atoms with Gasteiger partial charge in [0.05, 0.1) is 0 Å². The lowest BCUT2D eigenvalue weighted by Gasteiger charge is -2.14. The van der Waals surface area contributed by atoms with Crippen molar-refractivity contribution < 1.29 is 18.7 Å². The molecule has 0 aliphatic rings. The molecule has 0 fully saturated rings. The van der Waals surface area contributed by atoms with Gasteiger partial charge in [-0.2, -0.15) is 0 Å². The Morgan fingerprint density at radius 2 is 2.05 bits per heavy atom. The molecule has 6 heteroatoms. The summed E-state index contributed by atoms with van der Waals surface area (Å²) in [5.41, 5.74) is 1.15. The Bertz CT molecular complexity index is 709. The Balaban J connectivity index is 1.98. The summed E-state index contributed by atoms with van der Waals surface area (Å²) in [7, 11) is 1.70. The number of anilines is 1. The fraction of sp³-hybridized carbons (Fsp3) is 0.250. The number of carbonyl (C=O) groups is 2. The van der Waals surface area contributed by atoms with Crippen molar-refractivity contribution >= 4 is 17.6 Å². The fourth-order valence-corrected chi connectivity index (χ4v) is 1.86. The number of rotatable bonds is 4. The third-order valence-corrected chi connectivity index (χ3v) is 3.25. The highest BCUT2D eigenvalue weighted by Gasteiger charge is 2.20. The Kier molecular flexibility index (Phi) is 4.60. The topological polar surface area (TPSA) is 60.3 Å². The van der Waals surface area contributed by atoms with Gasteiger partial charge in [0.25, 0.3) is 5.91 Å². The number of carbonyl (C=O) groups excluding carboxylic acids is 2. The predicted molar refractivity (Wildman–Crippen MR) is 80.1 cm³/mol. The van der Waals surface area contributed by atoms with Crippen LogP contribution in [0.15, 0.2) is 36.5 Å². The fourth-order valence-electron chi connectivity index (χ4n) is 1.86. The first-order valence-corrected chi connectivity index (χ1v) is 6.78. The molecule has 0 aliphatic heterocycles. The Morgan fingerprint density at radius 1 is 1.32 bits per heavy atom. The largest absolute Gasteiger partial charge is 0.448 e. The van der Waals surface area contributed by atoms with E-state index in [4.69, 9.17) is 4.74 Å². The molecule has 0 saturated carbocycles. The van der Waals surface area contributed by atoms with E-state index in [1.807, 2.05) is 0 Å². The summed E-state index contributed by atoms with van der Waals surface area (Å²) < 4.78 is 20.1. The van der Waals surface area contributed by atoms with E-state index in [1.54, 1.807) is 49.0 Å². The van der Waals surface area contributed by atoms with Gasteiger partial charge in [-0.15, -0.1) is 0 Å². The van der Waals surface area contributed by atoms with E-state index < -0.39 is 23.8 Å². The van der Waals surface area contributed by atoms with Crippen LogP contribution in [-0.4, -0.2) is 22.5 Å². The Labute approximate surface area is 127 Å². The zero-order valence-electron chi connectivity index (χ0n) is 12.6. The lowest BCUT2D eigenvalue weighted by molar-refractivity contribution is -0.123. The Morgan fingerprint density at radius 3 is 2.64 bits per heavy atom. The predicted octanol–water partition coefficient (Wildman–Crippen LogP) is 2.66. The Hall–Kier alpha value is -2.63. The van der Waals surface area contributed by atoms with E-state index in [1.165, 1.54) is 13.0 Å². The second kappa shape index (κ2) is 6.43. The summed E-state index contributed by atoms with van der Waals surface area (Å²) in [6, 6.07) is 7.67. The van der Waals surface area contributed by atoms with E-state index in [0.717, 1.165) is 0 Å². The molecule has 5 nitrogen and oxygen atoms in total. The molecule has 0 spiro atoms. The van der Waals surface area contributed by atoms with Gasteiger partial charge in [-0.05, 0) is 43.7 Å². The molecule has 1 aromatic heterocycles. The standard InChI is InChI=1S/C16H17FN2O3/c1-10-6-7-12(9-13(10)17)18-15(20)11(2)22-16(21)14-5-4-8-19(14)3/h4-9,11H,1-3H3,(H,18,20)/t11-/m1/s1. The van der Waals surface area contributed by atoms with Gasteiger partial charge in [0.1, 0.15) is 11.5 Å². The molecular formula is C16H17FN2O3. The molecule has 0 aliphatic carbocycles. The molecule has 2 rings (SSSR count). The van der Waals surface area contributed by atoms with Gasteiger partial charge in [-0.25, -0.2) is 9.18 Å². The van der Waals surface area contributed by atoms with Crippen LogP contribution in [0.2, 0.25) is 0 Å². The molecule has 0 radical (unpaired) electrons. The normalized spacial score (nSPS) is 11.8. The molecule has 1 heterocycles. The average molecular weight is 304 g/mol. The van der Waals surface area contributed by atoms with Gasteiger partial charge in [0.15, 0.2) is 6.10 Å². The van der Waals surface area contributed by atoms with Crippen molar-refractivity contribution in [3.8, 4) is 0 Å². The lowest BCUT2D eigenvalue weighted by atomic mass is 10.2. The number of hydrogen-bond donors (Lipinski definition) is 1. The van der Waals surface area contributed by atoms with Crippen LogP contribution in [0.3, 0.4) is 0 Å². The summed E-state index contributed by atoms with van der Waals surface area (Å²) >= 11 is 0. The number of aryl methyl sites for hydroxylation is 2. The number of hydrogen-bond acceptors (Lipinski definition) is 3. The van der Waals surface area contributed by atoms with Crippen LogP contribution >= 0.6 is 0 Å². The van der Waals surface area contributed by atoms with E-state index in [2.05, 4.69) is 5.32 Å². The molecule has 1 amide bonds. The minimum absolute atomic E-state index is 0.315. The highest BCUT2D eigenvalue weighted by atomic mass is 19.1. The molecule has 0 bridgehead atoms. The molecule has 22 heavy (non-hydrogen) atoms. The van der Waals surface area contributed by atoms with E-state index >= 15 is 0 Å². The molecule has 0 unspecified atom stereocenters. The summed E-state index contributed by atoms with van der Waals surface area (Å²) in [4.78, 5) is 23.9. The van der Waals surface area contributed by atoms with Crippen LogP contribution in [-0.2, 0) is 16.6 Å². The number of nitrogens with zero attached hydrogens (tertiary/aromatic N) is 1. The SMILES string of the molecule is Cc1ccc(NC(=O)[C@@H](C)OC(=O)c2cccn2C)cc1F. The second-order valence-corrected chi connectivity index (χ2v) is 5.01.